The van der Waals surface area contributed by atoms with E-state index in [4.69, 9.17) is 17.3 Å². The van der Waals surface area contributed by atoms with E-state index in [-0.39, 0.29) is 6.17 Å². The second kappa shape index (κ2) is 9.51. The van der Waals surface area contributed by atoms with Crippen LogP contribution >= 0.6 is 11.6 Å². The molecule has 30 heavy (non-hydrogen) atoms. The van der Waals surface area contributed by atoms with Gasteiger partial charge in [0.05, 0.1) is 4.90 Å². The predicted octanol–water partition coefficient (Wildman–Crippen LogP) is 2.73. The van der Waals surface area contributed by atoms with Gasteiger partial charge in [-0.3, -0.25) is 5.32 Å². The number of nitrogens with two attached hydrogens (primary N) is 1. The molecule has 1 aliphatic rings. The lowest BCUT2D eigenvalue weighted by molar-refractivity contribution is 0.593. The molecule has 1 aliphatic heterocycles. The Balaban J connectivity index is 1.54. The molecule has 0 saturated carbocycles. The quantitative estimate of drug-likeness (QED) is 0.463. The number of benzene rings is 2. The number of anilines is 1. The molecular formula is C21H26ClN5O2S. The van der Waals surface area contributed by atoms with Crippen molar-refractivity contribution in [1.29, 1.82) is 0 Å². The first kappa shape index (κ1) is 22.1. The first-order valence-corrected chi connectivity index (χ1v) is 11.9. The van der Waals surface area contributed by atoms with Gasteiger partial charge in [-0.1, -0.05) is 29.8 Å². The van der Waals surface area contributed by atoms with Crippen LogP contribution in [0.4, 0.5) is 5.69 Å². The van der Waals surface area contributed by atoms with Crippen LogP contribution in [-0.2, 0) is 9.84 Å². The van der Waals surface area contributed by atoms with Crippen molar-refractivity contribution in [3.05, 3.63) is 64.7 Å². The van der Waals surface area contributed by atoms with Crippen LogP contribution in [0.25, 0.3) is 5.70 Å². The third-order valence-electron chi connectivity index (χ3n) is 4.72. The standard InChI is InChI=1S/C21H26ClN5O2S/c1-14-17(8-4-9-18(14)22)19-13-20(27-21(23)26-19)25-11-5-10-24-15-6-3-7-16(12-15)30(2,28)29/h3-4,6-9,12-13,20,24-25H,5,10-11H2,1-2H3,(H3,23,26,27). The Morgan fingerprint density at radius 1 is 1.20 bits per heavy atom. The maximum absolute atomic E-state index is 11.7. The lowest BCUT2D eigenvalue weighted by Crippen LogP contribution is -2.40. The Labute approximate surface area is 182 Å². The van der Waals surface area contributed by atoms with Gasteiger partial charge in [0.15, 0.2) is 15.8 Å². The molecular weight excluding hydrogens is 422 g/mol. The second-order valence-corrected chi connectivity index (χ2v) is 9.53. The van der Waals surface area contributed by atoms with Gasteiger partial charge in [-0.2, -0.15) is 0 Å². The molecule has 0 aromatic heterocycles. The van der Waals surface area contributed by atoms with Crippen molar-refractivity contribution in [1.82, 2.24) is 10.6 Å². The van der Waals surface area contributed by atoms with E-state index in [1.54, 1.807) is 18.2 Å². The number of guanidine groups is 1. The van der Waals surface area contributed by atoms with Gasteiger partial charge in [0, 0.05) is 34.8 Å². The number of hydrogen-bond donors (Lipinski definition) is 4. The van der Waals surface area contributed by atoms with Crippen LogP contribution in [0.1, 0.15) is 17.5 Å². The number of hydrogen-bond acceptors (Lipinski definition) is 7. The monoisotopic (exact) mass is 447 g/mol. The van der Waals surface area contributed by atoms with E-state index >= 15 is 0 Å². The Hall–Kier alpha value is -2.55. The molecule has 0 spiro atoms. The number of nitrogens with one attached hydrogen (secondary N) is 3. The van der Waals surface area contributed by atoms with Crippen LogP contribution in [0.15, 0.2) is 58.4 Å². The third kappa shape index (κ3) is 5.75. The largest absolute Gasteiger partial charge is 0.385 e. The van der Waals surface area contributed by atoms with Gasteiger partial charge < -0.3 is 16.4 Å². The molecule has 0 bridgehead atoms. The van der Waals surface area contributed by atoms with Crippen LogP contribution in [0, 0.1) is 6.92 Å². The summed E-state index contributed by atoms with van der Waals surface area (Å²) in [6.07, 6.45) is 3.77. The fraction of sp³-hybridized carbons (Fsp3) is 0.286. The summed E-state index contributed by atoms with van der Waals surface area (Å²) >= 11 is 6.24. The topological polar surface area (TPSA) is 109 Å². The van der Waals surface area contributed by atoms with E-state index < -0.39 is 9.84 Å². The summed E-state index contributed by atoms with van der Waals surface area (Å²) < 4.78 is 23.3. The molecule has 2 aromatic rings. The van der Waals surface area contributed by atoms with Crippen molar-refractivity contribution in [2.24, 2.45) is 10.7 Å². The van der Waals surface area contributed by atoms with Gasteiger partial charge in [0.2, 0.25) is 0 Å². The average Bonchev–Trinajstić information content (AvgIpc) is 2.69. The van der Waals surface area contributed by atoms with Crippen LogP contribution in [0.2, 0.25) is 5.02 Å². The molecule has 1 heterocycles. The highest BCUT2D eigenvalue weighted by Gasteiger charge is 2.16. The van der Waals surface area contributed by atoms with Crippen molar-refractivity contribution in [2.75, 3.05) is 24.7 Å². The normalized spacial score (nSPS) is 16.4. The maximum atomic E-state index is 11.7. The van der Waals surface area contributed by atoms with E-state index in [0.29, 0.717) is 29.0 Å². The average molecular weight is 448 g/mol. The number of aliphatic imine (C=N–C) groups is 1. The minimum Gasteiger partial charge on any atom is -0.385 e. The fourth-order valence-electron chi connectivity index (χ4n) is 3.13. The molecule has 9 heteroatoms. The summed E-state index contributed by atoms with van der Waals surface area (Å²) in [7, 11) is -3.21. The zero-order valence-corrected chi connectivity index (χ0v) is 18.5. The van der Waals surface area contributed by atoms with E-state index in [2.05, 4.69) is 20.9 Å². The molecule has 0 amide bonds. The van der Waals surface area contributed by atoms with E-state index in [9.17, 15) is 8.42 Å². The van der Waals surface area contributed by atoms with Crippen LogP contribution < -0.4 is 21.7 Å². The predicted molar refractivity (Wildman–Crippen MR) is 123 cm³/mol. The summed E-state index contributed by atoms with van der Waals surface area (Å²) in [6, 6.07) is 12.6. The lowest BCUT2D eigenvalue weighted by atomic mass is 10.0. The molecule has 7 nitrogen and oxygen atoms in total. The highest BCUT2D eigenvalue weighted by atomic mass is 35.5. The number of sulfone groups is 1. The first-order valence-electron chi connectivity index (χ1n) is 9.59. The summed E-state index contributed by atoms with van der Waals surface area (Å²) in [5.74, 6) is 0.347. The van der Waals surface area contributed by atoms with Gasteiger partial charge >= 0.3 is 0 Å². The van der Waals surface area contributed by atoms with E-state index in [0.717, 1.165) is 28.9 Å². The summed E-state index contributed by atoms with van der Waals surface area (Å²) in [4.78, 5) is 4.68. The van der Waals surface area contributed by atoms with E-state index in [1.807, 2.05) is 37.3 Å². The molecule has 1 atom stereocenters. The highest BCUT2D eigenvalue weighted by molar-refractivity contribution is 7.90. The maximum Gasteiger partial charge on any atom is 0.195 e. The molecule has 0 fully saturated rings. The minimum absolute atomic E-state index is 0.242. The Morgan fingerprint density at radius 3 is 2.73 bits per heavy atom. The molecule has 160 valence electrons. The zero-order valence-electron chi connectivity index (χ0n) is 16.9. The molecule has 3 rings (SSSR count). The van der Waals surface area contributed by atoms with Crippen molar-refractivity contribution in [2.45, 2.75) is 24.4 Å². The fourth-order valence-corrected chi connectivity index (χ4v) is 3.97. The van der Waals surface area contributed by atoms with Crippen molar-refractivity contribution < 1.29 is 8.42 Å². The number of rotatable bonds is 8. The molecule has 0 aliphatic carbocycles. The third-order valence-corrected chi connectivity index (χ3v) is 6.24. The van der Waals surface area contributed by atoms with Crippen molar-refractivity contribution >= 4 is 38.8 Å². The Bertz CT molecular complexity index is 1080. The summed E-state index contributed by atoms with van der Waals surface area (Å²) in [6.45, 7) is 3.36. The van der Waals surface area contributed by atoms with Crippen LogP contribution in [0.5, 0.6) is 0 Å². The van der Waals surface area contributed by atoms with E-state index in [1.165, 1.54) is 6.26 Å². The smallest absolute Gasteiger partial charge is 0.195 e. The van der Waals surface area contributed by atoms with Gasteiger partial charge in [0.1, 0.15) is 6.17 Å². The molecule has 1 unspecified atom stereocenters. The van der Waals surface area contributed by atoms with Crippen molar-refractivity contribution in [3.8, 4) is 0 Å². The molecule has 0 saturated heterocycles. The van der Waals surface area contributed by atoms with Gasteiger partial charge in [0.25, 0.3) is 0 Å². The molecule has 2 aromatic carbocycles. The van der Waals surface area contributed by atoms with Crippen molar-refractivity contribution in [3.63, 3.8) is 0 Å². The lowest BCUT2D eigenvalue weighted by Gasteiger charge is -2.22. The number of nitrogens with zero attached hydrogens (tertiary/aromatic N) is 1. The summed E-state index contributed by atoms with van der Waals surface area (Å²) in [5, 5.41) is 10.4. The van der Waals surface area contributed by atoms with Gasteiger partial charge in [-0.05, 0) is 55.8 Å². The minimum atomic E-state index is -3.21. The molecule has 0 radical (unpaired) electrons. The molecule has 5 N–H and O–H groups in total. The van der Waals surface area contributed by atoms with Gasteiger partial charge in [-0.25, -0.2) is 13.4 Å². The Morgan fingerprint density at radius 2 is 1.97 bits per heavy atom. The second-order valence-electron chi connectivity index (χ2n) is 7.11. The highest BCUT2D eigenvalue weighted by Crippen LogP contribution is 2.25. The zero-order chi connectivity index (χ0) is 21.7. The van der Waals surface area contributed by atoms with Crippen LogP contribution in [0.3, 0.4) is 0 Å². The first-order chi connectivity index (χ1) is 14.2. The summed E-state index contributed by atoms with van der Waals surface area (Å²) in [5.41, 5.74) is 9.57. The number of halogens is 1. The van der Waals surface area contributed by atoms with Crippen LogP contribution in [-0.4, -0.2) is 39.9 Å². The SMILES string of the molecule is Cc1c(Cl)cccc1C1=CC(NCCCNc2cccc(S(C)(=O)=O)c2)N=C(N)N1. The Kier molecular flexibility index (Phi) is 7.02. The van der Waals surface area contributed by atoms with Gasteiger partial charge in [-0.15, -0.1) is 0 Å².